The van der Waals surface area contributed by atoms with Gasteiger partial charge in [0.05, 0.1) is 6.54 Å². The van der Waals surface area contributed by atoms with Gasteiger partial charge in [-0.05, 0) is 12.8 Å². The maximum atomic E-state index is 10.9. The van der Waals surface area contributed by atoms with Crippen molar-refractivity contribution in [3.8, 4) is 0 Å². The first-order chi connectivity index (χ1) is 6.16. The van der Waals surface area contributed by atoms with Gasteiger partial charge in [-0.15, -0.1) is 0 Å². The number of nitrogens with two attached hydrogens (primary N) is 1. The van der Waals surface area contributed by atoms with Crippen molar-refractivity contribution in [2.75, 3.05) is 13.2 Å². The summed E-state index contributed by atoms with van der Waals surface area (Å²) in [4.78, 5) is 21.2. The summed E-state index contributed by atoms with van der Waals surface area (Å²) in [5.41, 5.74) is 4.83. The molecule has 0 unspecified atom stereocenters. The van der Waals surface area contributed by atoms with Crippen LogP contribution >= 0.6 is 0 Å². The molecule has 4 N–H and O–H groups in total. The van der Waals surface area contributed by atoms with Gasteiger partial charge in [0.1, 0.15) is 0 Å². The van der Waals surface area contributed by atoms with Crippen LogP contribution in [0.3, 0.4) is 0 Å². The van der Waals surface area contributed by atoms with Gasteiger partial charge in [0.15, 0.2) is 0 Å². The lowest BCUT2D eigenvalue weighted by atomic mass is 10.2. The van der Waals surface area contributed by atoms with Gasteiger partial charge >= 0.3 is 0 Å². The van der Waals surface area contributed by atoms with Gasteiger partial charge in [-0.25, -0.2) is 0 Å². The summed E-state index contributed by atoms with van der Waals surface area (Å²) >= 11 is 0. The van der Waals surface area contributed by atoms with E-state index in [0.717, 1.165) is 12.8 Å². The molecule has 0 saturated carbocycles. The molecule has 0 aromatic rings. The molecule has 13 heavy (non-hydrogen) atoms. The van der Waals surface area contributed by atoms with E-state index in [1.165, 1.54) is 0 Å². The van der Waals surface area contributed by atoms with Crippen molar-refractivity contribution in [3.63, 3.8) is 0 Å². The molecular formula is C8H16N2O3. The quantitative estimate of drug-likeness (QED) is 0.454. The first-order valence-electron chi connectivity index (χ1n) is 4.32. The average molecular weight is 188 g/mol. The molecular weight excluding hydrogens is 172 g/mol. The molecule has 0 heterocycles. The summed E-state index contributed by atoms with van der Waals surface area (Å²) in [7, 11) is 0. The Morgan fingerprint density at radius 3 is 2.46 bits per heavy atom. The minimum absolute atomic E-state index is 0.0984. The van der Waals surface area contributed by atoms with Gasteiger partial charge < -0.3 is 16.2 Å². The molecule has 0 radical (unpaired) electrons. The number of aliphatic hydroxyl groups is 1. The molecule has 0 aromatic heterocycles. The number of carbonyl (C=O) groups excluding carboxylic acids is 2. The van der Waals surface area contributed by atoms with Crippen LogP contribution in [0.2, 0.25) is 0 Å². The third kappa shape index (κ3) is 8.81. The normalized spacial score (nSPS) is 9.62. The zero-order valence-corrected chi connectivity index (χ0v) is 7.58. The Bertz CT molecular complexity index is 171. The molecule has 0 aliphatic carbocycles. The van der Waals surface area contributed by atoms with E-state index in [-0.39, 0.29) is 19.1 Å². The van der Waals surface area contributed by atoms with Crippen LogP contribution in [0.15, 0.2) is 0 Å². The lowest BCUT2D eigenvalue weighted by Gasteiger charge is -2.01. The van der Waals surface area contributed by atoms with Crippen LogP contribution in [0.4, 0.5) is 0 Å². The van der Waals surface area contributed by atoms with Crippen LogP contribution in [0.5, 0.6) is 0 Å². The molecule has 0 aromatic carbocycles. The van der Waals surface area contributed by atoms with E-state index >= 15 is 0 Å². The molecule has 0 atom stereocenters. The maximum absolute atomic E-state index is 10.9. The average Bonchev–Trinajstić information content (AvgIpc) is 2.09. The Kier molecular flexibility index (Phi) is 6.91. The Labute approximate surface area is 77.3 Å². The van der Waals surface area contributed by atoms with Crippen molar-refractivity contribution < 1.29 is 14.7 Å². The van der Waals surface area contributed by atoms with E-state index < -0.39 is 5.91 Å². The van der Waals surface area contributed by atoms with E-state index in [1.54, 1.807) is 0 Å². The SMILES string of the molecule is NC(=O)CNC(=O)CCCCCO. The van der Waals surface area contributed by atoms with E-state index in [4.69, 9.17) is 10.8 Å². The molecule has 0 aliphatic heterocycles. The Morgan fingerprint density at radius 1 is 1.23 bits per heavy atom. The van der Waals surface area contributed by atoms with Crippen LogP contribution < -0.4 is 11.1 Å². The predicted molar refractivity (Wildman–Crippen MR) is 47.8 cm³/mol. The second-order valence-electron chi connectivity index (χ2n) is 2.78. The van der Waals surface area contributed by atoms with E-state index in [0.29, 0.717) is 12.8 Å². The molecule has 5 heteroatoms. The number of amides is 2. The van der Waals surface area contributed by atoms with Crippen molar-refractivity contribution in [2.24, 2.45) is 5.73 Å². The number of hydrogen-bond acceptors (Lipinski definition) is 3. The first-order valence-corrected chi connectivity index (χ1v) is 4.32. The molecule has 2 amide bonds. The van der Waals surface area contributed by atoms with Crippen molar-refractivity contribution in [2.45, 2.75) is 25.7 Å². The molecule has 0 bridgehead atoms. The highest BCUT2D eigenvalue weighted by molar-refractivity contribution is 5.83. The van der Waals surface area contributed by atoms with E-state index in [2.05, 4.69) is 5.32 Å². The molecule has 0 aliphatic rings. The largest absolute Gasteiger partial charge is 0.396 e. The van der Waals surface area contributed by atoms with Crippen LogP contribution in [0, 0.1) is 0 Å². The fourth-order valence-electron chi connectivity index (χ4n) is 0.848. The molecule has 0 spiro atoms. The van der Waals surface area contributed by atoms with Gasteiger partial charge in [0.2, 0.25) is 11.8 Å². The zero-order chi connectivity index (χ0) is 10.1. The van der Waals surface area contributed by atoms with Crippen LogP contribution in [0.1, 0.15) is 25.7 Å². The van der Waals surface area contributed by atoms with Crippen LogP contribution in [-0.4, -0.2) is 30.1 Å². The van der Waals surface area contributed by atoms with Gasteiger partial charge in [0, 0.05) is 13.0 Å². The lowest BCUT2D eigenvalue weighted by Crippen LogP contribution is -2.33. The molecule has 0 rings (SSSR count). The number of carbonyl (C=O) groups is 2. The topological polar surface area (TPSA) is 92.4 Å². The fourth-order valence-corrected chi connectivity index (χ4v) is 0.848. The third-order valence-corrected chi connectivity index (χ3v) is 1.52. The Morgan fingerprint density at radius 2 is 1.92 bits per heavy atom. The summed E-state index contributed by atoms with van der Waals surface area (Å²) in [5, 5.41) is 10.8. The Balaban J connectivity index is 3.25. The van der Waals surface area contributed by atoms with Crippen molar-refractivity contribution in [1.82, 2.24) is 5.32 Å². The number of aliphatic hydroxyl groups excluding tert-OH is 1. The highest BCUT2D eigenvalue weighted by atomic mass is 16.3. The predicted octanol–water partition coefficient (Wildman–Crippen LogP) is -0.859. The van der Waals surface area contributed by atoms with Crippen LogP contribution in [0.25, 0.3) is 0 Å². The fraction of sp³-hybridized carbons (Fsp3) is 0.750. The Hall–Kier alpha value is -1.10. The summed E-state index contributed by atoms with van der Waals surface area (Å²) in [6.45, 7) is 0.0573. The zero-order valence-electron chi connectivity index (χ0n) is 7.58. The number of primary amides is 1. The summed E-state index contributed by atoms with van der Waals surface area (Å²) in [6, 6.07) is 0. The van der Waals surface area contributed by atoms with Gasteiger partial charge in [-0.3, -0.25) is 9.59 Å². The highest BCUT2D eigenvalue weighted by Gasteiger charge is 2.01. The van der Waals surface area contributed by atoms with Gasteiger partial charge in [-0.2, -0.15) is 0 Å². The number of nitrogens with one attached hydrogen (secondary N) is 1. The van der Waals surface area contributed by atoms with E-state index in [1.807, 2.05) is 0 Å². The molecule has 0 saturated heterocycles. The standard InChI is InChI=1S/C8H16N2O3/c9-7(12)6-10-8(13)4-2-1-3-5-11/h11H,1-6H2,(H2,9,12)(H,10,13). The number of rotatable bonds is 7. The smallest absolute Gasteiger partial charge is 0.236 e. The number of unbranched alkanes of at least 4 members (excludes halogenated alkanes) is 2. The van der Waals surface area contributed by atoms with Crippen molar-refractivity contribution in [1.29, 1.82) is 0 Å². The lowest BCUT2D eigenvalue weighted by molar-refractivity contribution is -0.124. The molecule has 0 fully saturated rings. The van der Waals surface area contributed by atoms with Gasteiger partial charge in [0.25, 0.3) is 0 Å². The minimum atomic E-state index is -0.538. The third-order valence-electron chi connectivity index (χ3n) is 1.52. The first kappa shape index (κ1) is 11.9. The monoisotopic (exact) mass is 188 g/mol. The second kappa shape index (κ2) is 7.54. The van der Waals surface area contributed by atoms with E-state index in [9.17, 15) is 9.59 Å². The van der Waals surface area contributed by atoms with Gasteiger partial charge in [-0.1, -0.05) is 6.42 Å². The number of hydrogen-bond donors (Lipinski definition) is 3. The minimum Gasteiger partial charge on any atom is -0.396 e. The summed E-state index contributed by atoms with van der Waals surface area (Å²) in [5.74, 6) is -0.708. The summed E-state index contributed by atoms with van der Waals surface area (Å²) in [6.07, 6.45) is 2.64. The highest BCUT2D eigenvalue weighted by Crippen LogP contribution is 1.98. The second-order valence-corrected chi connectivity index (χ2v) is 2.78. The maximum Gasteiger partial charge on any atom is 0.236 e. The van der Waals surface area contributed by atoms with Crippen molar-refractivity contribution >= 4 is 11.8 Å². The molecule has 5 nitrogen and oxygen atoms in total. The molecule has 76 valence electrons. The van der Waals surface area contributed by atoms with Crippen molar-refractivity contribution in [3.05, 3.63) is 0 Å². The summed E-state index contributed by atoms with van der Waals surface area (Å²) < 4.78 is 0. The van der Waals surface area contributed by atoms with Crippen LogP contribution in [-0.2, 0) is 9.59 Å².